The lowest BCUT2D eigenvalue weighted by atomic mass is 9.84. The van der Waals surface area contributed by atoms with Crippen LogP contribution in [-0.2, 0) is 11.3 Å². The second-order valence-corrected chi connectivity index (χ2v) is 4.70. The number of benzene rings is 1. The Bertz CT molecular complexity index is 369. The van der Waals surface area contributed by atoms with E-state index in [-0.39, 0.29) is 24.4 Å². The van der Waals surface area contributed by atoms with E-state index in [2.05, 4.69) is 17.4 Å². The van der Waals surface area contributed by atoms with Gasteiger partial charge in [0.05, 0.1) is 5.92 Å². The predicted octanol–water partition coefficient (Wildman–Crippen LogP) is 2.84. The monoisotopic (exact) mass is 269 g/mol. The van der Waals surface area contributed by atoms with Crippen molar-refractivity contribution >= 4 is 18.4 Å². The van der Waals surface area contributed by atoms with E-state index in [9.17, 15) is 4.79 Å². The van der Waals surface area contributed by atoms with Crippen molar-refractivity contribution in [3.8, 4) is 0 Å². The van der Waals surface area contributed by atoms with Gasteiger partial charge in [-0.1, -0.05) is 43.2 Å². The van der Waals surface area contributed by atoms with E-state index >= 15 is 0 Å². The number of nitrogens with one attached hydrogen (secondary N) is 1. The summed E-state index contributed by atoms with van der Waals surface area (Å²) in [6.45, 7) is 0.759. The number of hydrogen-bond acceptors (Lipinski definition) is 2. The largest absolute Gasteiger partial charge is 0.481 e. The Morgan fingerprint density at radius 3 is 2.56 bits per heavy atom. The Morgan fingerprint density at radius 2 is 1.89 bits per heavy atom. The first-order valence-electron chi connectivity index (χ1n) is 6.27. The van der Waals surface area contributed by atoms with E-state index in [1.165, 1.54) is 5.56 Å². The lowest BCUT2D eigenvalue weighted by Crippen LogP contribution is -2.41. The highest BCUT2D eigenvalue weighted by atomic mass is 35.5. The minimum absolute atomic E-state index is 0. The van der Waals surface area contributed by atoms with E-state index < -0.39 is 5.97 Å². The summed E-state index contributed by atoms with van der Waals surface area (Å²) in [4.78, 5) is 11.1. The van der Waals surface area contributed by atoms with Crippen molar-refractivity contribution in [1.82, 2.24) is 5.32 Å². The van der Waals surface area contributed by atoms with Crippen molar-refractivity contribution in [3.63, 3.8) is 0 Å². The molecule has 1 aliphatic carbocycles. The van der Waals surface area contributed by atoms with E-state index in [4.69, 9.17) is 5.11 Å². The van der Waals surface area contributed by atoms with Crippen molar-refractivity contribution in [3.05, 3.63) is 35.9 Å². The highest BCUT2D eigenvalue weighted by molar-refractivity contribution is 5.85. The first-order chi connectivity index (χ1) is 8.27. The fourth-order valence-corrected chi connectivity index (χ4v) is 2.52. The number of carboxylic acid groups (broad SMARTS) is 1. The number of hydrogen-bond donors (Lipinski definition) is 2. The Kier molecular flexibility index (Phi) is 6.16. The molecule has 2 atom stereocenters. The lowest BCUT2D eigenvalue weighted by molar-refractivity contribution is -0.143. The van der Waals surface area contributed by atoms with Crippen molar-refractivity contribution in [2.24, 2.45) is 5.92 Å². The first-order valence-corrected chi connectivity index (χ1v) is 6.27. The molecule has 0 bridgehead atoms. The fourth-order valence-electron chi connectivity index (χ4n) is 2.52. The van der Waals surface area contributed by atoms with E-state index in [1.807, 2.05) is 18.2 Å². The topological polar surface area (TPSA) is 49.3 Å². The maximum atomic E-state index is 11.1. The van der Waals surface area contributed by atoms with Crippen LogP contribution in [0.1, 0.15) is 31.2 Å². The molecule has 0 amide bonds. The Labute approximate surface area is 114 Å². The molecule has 100 valence electrons. The molecule has 0 spiro atoms. The average Bonchev–Trinajstić information content (AvgIpc) is 2.38. The SMILES string of the molecule is Cl.O=C(O)[C@H]1CCCC[C@H]1NCc1ccccc1. The molecule has 0 unspecified atom stereocenters. The lowest BCUT2D eigenvalue weighted by Gasteiger charge is -2.29. The standard InChI is InChI=1S/C14H19NO2.ClH/c16-14(17)12-8-4-5-9-13(12)15-10-11-6-2-1-3-7-11;/h1-3,6-7,12-13,15H,4-5,8-10H2,(H,16,17);1H/t12-,13+;/m0./s1. The molecule has 0 saturated heterocycles. The van der Waals surface area contributed by atoms with Gasteiger partial charge in [-0.2, -0.15) is 0 Å². The third kappa shape index (κ3) is 4.00. The molecule has 1 fully saturated rings. The highest BCUT2D eigenvalue weighted by Gasteiger charge is 2.30. The molecule has 0 radical (unpaired) electrons. The van der Waals surface area contributed by atoms with Gasteiger partial charge in [0.2, 0.25) is 0 Å². The Balaban J connectivity index is 0.00000162. The maximum Gasteiger partial charge on any atom is 0.308 e. The van der Waals surface area contributed by atoms with Crippen molar-refractivity contribution in [1.29, 1.82) is 0 Å². The van der Waals surface area contributed by atoms with Crippen LogP contribution in [0.2, 0.25) is 0 Å². The quantitative estimate of drug-likeness (QED) is 0.884. The van der Waals surface area contributed by atoms with Crippen molar-refractivity contribution in [2.75, 3.05) is 0 Å². The van der Waals surface area contributed by atoms with Crippen LogP contribution in [0.4, 0.5) is 0 Å². The zero-order valence-electron chi connectivity index (χ0n) is 10.3. The molecular weight excluding hydrogens is 250 g/mol. The molecule has 1 aromatic carbocycles. The summed E-state index contributed by atoms with van der Waals surface area (Å²) >= 11 is 0. The summed E-state index contributed by atoms with van der Waals surface area (Å²) in [6, 6.07) is 10.3. The average molecular weight is 270 g/mol. The van der Waals surface area contributed by atoms with Gasteiger partial charge >= 0.3 is 5.97 Å². The normalized spacial score (nSPS) is 23.1. The van der Waals surface area contributed by atoms with Crippen molar-refractivity contribution < 1.29 is 9.90 Å². The maximum absolute atomic E-state index is 11.1. The minimum atomic E-state index is -0.657. The summed E-state index contributed by atoms with van der Waals surface area (Å²) in [5.74, 6) is -0.872. The van der Waals surface area contributed by atoms with Gasteiger partial charge in [0.15, 0.2) is 0 Å². The Morgan fingerprint density at radius 1 is 1.22 bits per heavy atom. The van der Waals surface area contributed by atoms with Crippen molar-refractivity contribution in [2.45, 2.75) is 38.3 Å². The predicted molar refractivity (Wildman–Crippen MR) is 73.9 cm³/mol. The van der Waals surface area contributed by atoms with Gasteiger partial charge < -0.3 is 10.4 Å². The third-order valence-corrected chi connectivity index (χ3v) is 3.49. The van der Waals surface area contributed by atoms with Crippen LogP contribution in [0.15, 0.2) is 30.3 Å². The molecule has 2 N–H and O–H groups in total. The zero-order chi connectivity index (χ0) is 12.1. The van der Waals surface area contributed by atoms with Gasteiger partial charge in [-0.15, -0.1) is 12.4 Å². The summed E-state index contributed by atoms with van der Waals surface area (Å²) in [7, 11) is 0. The van der Waals surface area contributed by atoms with Gasteiger partial charge in [-0.3, -0.25) is 4.79 Å². The number of halogens is 1. The van der Waals surface area contributed by atoms with Crippen LogP contribution < -0.4 is 5.32 Å². The number of rotatable bonds is 4. The summed E-state index contributed by atoms with van der Waals surface area (Å²) in [5, 5.41) is 12.6. The number of aliphatic carboxylic acids is 1. The second-order valence-electron chi connectivity index (χ2n) is 4.70. The first kappa shape index (κ1) is 15.0. The third-order valence-electron chi connectivity index (χ3n) is 3.49. The van der Waals surface area contributed by atoms with Crippen LogP contribution in [0.3, 0.4) is 0 Å². The number of carbonyl (C=O) groups is 1. The minimum Gasteiger partial charge on any atom is -0.481 e. The van der Waals surface area contributed by atoms with E-state index in [0.29, 0.717) is 0 Å². The van der Waals surface area contributed by atoms with E-state index in [0.717, 1.165) is 32.2 Å². The van der Waals surface area contributed by atoms with Gasteiger partial charge in [0.1, 0.15) is 0 Å². The van der Waals surface area contributed by atoms with Gasteiger partial charge in [0, 0.05) is 12.6 Å². The van der Waals surface area contributed by atoms with Gasteiger partial charge in [-0.05, 0) is 18.4 Å². The van der Waals surface area contributed by atoms with E-state index in [1.54, 1.807) is 0 Å². The molecule has 1 aromatic rings. The zero-order valence-corrected chi connectivity index (χ0v) is 11.2. The van der Waals surface area contributed by atoms with Gasteiger partial charge in [0.25, 0.3) is 0 Å². The molecule has 2 rings (SSSR count). The number of carboxylic acids is 1. The fraction of sp³-hybridized carbons (Fsp3) is 0.500. The van der Waals surface area contributed by atoms with Crippen LogP contribution >= 0.6 is 12.4 Å². The molecule has 1 aliphatic rings. The molecule has 1 saturated carbocycles. The second kappa shape index (κ2) is 7.39. The highest BCUT2D eigenvalue weighted by Crippen LogP contribution is 2.24. The molecule has 0 aromatic heterocycles. The summed E-state index contributed by atoms with van der Waals surface area (Å²) in [5.41, 5.74) is 1.21. The summed E-state index contributed by atoms with van der Waals surface area (Å²) < 4.78 is 0. The van der Waals surface area contributed by atoms with Crippen LogP contribution in [0.25, 0.3) is 0 Å². The molecular formula is C14H20ClNO2. The smallest absolute Gasteiger partial charge is 0.308 e. The van der Waals surface area contributed by atoms with Crippen LogP contribution in [0.5, 0.6) is 0 Å². The molecule has 0 aliphatic heterocycles. The van der Waals surface area contributed by atoms with Crippen LogP contribution in [-0.4, -0.2) is 17.1 Å². The molecule has 3 nitrogen and oxygen atoms in total. The van der Waals surface area contributed by atoms with Crippen LogP contribution in [0, 0.1) is 5.92 Å². The van der Waals surface area contributed by atoms with Gasteiger partial charge in [-0.25, -0.2) is 0 Å². The molecule has 18 heavy (non-hydrogen) atoms. The summed E-state index contributed by atoms with van der Waals surface area (Å²) in [6.07, 6.45) is 3.96. The Hall–Kier alpha value is -1.06. The molecule has 0 heterocycles. The molecule has 4 heteroatoms.